The zero-order valence-corrected chi connectivity index (χ0v) is 10.6. The molecule has 0 rings (SSSR count). The third-order valence-electron chi connectivity index (χ3n) is 1.92. The summed E-state index contributed by atoms with van der Waals surface area (Å²) in [6.45, 7) is 7.12. The van der Waals surface area contributed by atoms with Crippen LogP contribution in [0.2, 0.25) is 0 Å². The van der Waals surface area contributed by atoms with Gasteiger partial charge >= 0.3 is 0 Å². The van der Waals surface area contributed by atoms with Crippen molar-refractivity contribution < 1.29 is 14.6 Å². The number of rotatable bonds is 9. The predicted octanol–water partition coefficient (Wildman–Crippen LogP) is 2.66. The number of aliphatic hydroxyl groups excluding tert-OH is 1. The third-order valence-corrected chi connectivity index (χ3v) is 1.92. The summed E-state index contributed by atoms with van der Waals surface area (Å²) in [7, 11) is 0. The Morgan fingerprint density at radius 2 is 1.62 bits per heavy atom. The molecule has 0 aromatic rings. The average molecular weight is 228 g/mol. The van der Waals surface area contributed by atoms with E-state index in [1.54, 1.807) is 18.2 Å². The number of aliphatic hydroxyl groups is 1. The minimum Gasteiger partial charge on any atom is -0.385 e. The largest absolute Gasteiger partial charge is 0.385 e. The zero-order chi connectivity index (χ0) is 12.2. The lowest BCUT2D eigenvalue weighted by molar-refractivity contribution is -0.104. The molecule has 0 heterocycles. The Bertz CT molecular complexity index is 193. The number of hydrogen-bond donors (Lipinski definition) is 1. The second-order valence-corrected chi connectivity index (χ2v) is 3.37. The van der Waals surface area contributed by atoms with E-state index in [2.05, 4.69) is 6.92 Å². The van der Waals surface area contributed by atoms with E-state index in [1.807, 2.05) is 19.9 Å². The van der Waals surface area contributed by atoms with Crippen LogP contribution < -0.4 is 0 Å². The molecule has 0 aromatic heterocycles. The van der Waals surface area contributed by atoms with Crippen molar-refractivity contribution in [3.05, 3.63) is 24.3 Å². The van der Waals surface area contributed by atoms with Gasteiger partial charge < -0.3 is 14.6 Å². The molecule has 16 heavy (non-hydrogen) atoms. The summed E-state index contributed by atoms with van der Waals surface area (Å²) in [6.07, 6.45) is 8.34. The minimum absolute atomic E-state index is 0.357. The van der Waals surface area contributed by atoms with Gasteiger partial charge in [0, 0.05) is 13.2 Å². The van der Waals surface area contributed by atoms with Gasteiger partial charge in [-0.2, -0.15) is 0 Å². The molecule has 0 bridgehead atoms. The van der Waals surface area contributed by atoms with Crippen LogP contribution in [0.1, 0.15) is 33.6 Å². The van der Waals surface area contributed by atoms with E-state index in [9.17, 15) is 5.11 Å². The summed E-state index contributed by atoms with van der Waals surface area (Å²) in [5.74, 6) is 0. The van der Waals surface area contributed by atoms with Gasteiger partial charge in [-0.25, -0.2) is 0 Å². The van der Waals surface area contributed by atoms with E-state index >= 15 is 0 Å². The minimum atomic E-state index is -0.560. The molecule has 0 aliphatic carbocycles. The maximum Gasteiger partial charge on any atom is 0.176 e. The standard InChI is InChI=1S/C13H24O3/c1-4-7-8-9-12(14)10-11-13(15-5-2)16-6-3/h8-14H,4-7H2,1-3H3/b9-8+,11-10+/t12-/m1/s1. The Morgan fingerprint density at radius 3 is 2.12 bits per heavy atom. The fraction of sp³-hybridized carbons (Fsp3) is 0.692. The van der Waals surface area contributed by atoms with Gasteiger partial charge in [-0.1, -0.05) is 31.6 Å². The van der Waals surface area contributed by atoms with Gasteiger partial charge in [0.05, 0.1) is 6.10 Å². The summed E-state index contributed by atoms with van der Waals surface area (Å²) in [5.41, 5.74) is 0. The molecular weight excluding hydrogens is 204 g/mol. The molecule has 0 unspecified atom stereocenters. The Morgan fingerprint density at radius 1 is 1.00 bits per heavy atom. The molecule has 0 spiro atoms. The van der Waals surface area contributed by atoms with E-state index in [-0.39, 0.29) is 6.29 Å². The first kappa shape index (κ1) is 15.4. The van der Waals surface area contributed by atoms with Crippen molar-refractivity contribution in [2.24, 2.45) is 0 Å². The molecule has 0 aromatic carbocycles. The highest BCUT2D eigenvalue weighted by Crippen LogP contribution is 2.00. The Hall–Kier alpha value is -0.640. The van der Waals surface area contributed by atoms with Crippen molar-refractivity contribution in [3.8, 4) is 0 Å². The lowest BCUT2D eigenvalue weighted by atomic mass is 10.2. The third kappa shape index (κ3) is 8.65. The Labute approximate surface area is 98.8 Å². The van der Waals surface area contributed by atoms with Crippen molar-refractivity contribution in [3.63, 3.8) is 0 Å². The molecule has 94 valence electrons. The van der Waals surface area contributed by atoms with Gasteiger partial charge in [0.2, 0.25) is 0 Å². The molecule has 0 aliphatic heterocycles. The highest BCUT2D eigenvalue weighted by molar-refractivity contribution is 5.02. The maximum absolute atomic E-state index is 9.58. The fourth-order valence-electron chi connectivity index (χ4n) is 1.16. The molecule has 0 radical (unpaired) electrons. The maximum atomic E-state index is 9.58. The molecule has 1 N–H and O–H groups in total. The van der Waals surface area contributed by atoms with Crippen LogP contribution in [0.5, 0.6) is 0 Å². The van der Waals surface area contributed by atoms with Gasteiger partial charge in [0.15, 0.2) is 6.29 Å². The second kappa shape index (κ2) is 10.9. The molecule has 0 amide bonds. The molecule has 0 saturated carbocycles. The molecule has 0 aliphatic rings. The van der Waals surface area contributed by atoms with E-state index in [0.717, 1.165) is 12.8 Å². The molecule has 0 saturated heterocycles. The van der Waals surface area contributed by atoms with Gasteiger partial charge in [-0.3, -0.25) is 0 Å². The zero-order valence-electron chi connectivity index (χ0n) is 10.6. The van der Waals surface area contributed by atoms with Crippen LogP contribution in [0.25, 0.3) is 0 Å². The van der Waals surface area contributed by atoms with Crippen molar-refractivity contribution in [1.82, 2.24) is 0 Å². The topological polar surface area (TPSA) is 38.7 Å². The number of hydrogen-bond acceptors (Lipinski definition) is 3. The fourth-order valence-corrected chi connectivity index (χ4v) is 1.16. The average Bonchev–Trinajstić information content (AvgIpc) is 2.27. The van der Waals surface area contributed by atoms with E-state index in [4.69, 9.17) is 9.47 Å². The monoisotopic (exact) mass is 228 g/mol. The summed E-state index contributed by atoms with van der Waals surface area (Å²) in [4.78, 5) is 0. The summed E-state index contributed by atoms with van der Waals surface area (Å²) in [6, 6.07) is 0. The summed E-state index contributed by atoms with van der Waals surface area (Å²) in [5, 5.41) is 9.58. The van der Waals surface area contributed by atoms with Crippen LogP contribution in [0, 0.1) is 0 Å². The molecule has 3 nitrogen and oxygen atoms in total. The first-order valence-corrected chi connectivity index (χ1v) is 6.00. The van der Waals surface area contributed by atoms with Crippen LogP contribution in [0.15, 0.2) is 24.3 Å². The molecule has 1 atom stereocenters. The van der Waals surface area contributed by atoms with Crippen LogP contribution in [-0.2, 0) is 9.47 Å². The van der Waals surface area contributed by atoms with Gasteiger partial charge in [-0.05, 0) is 26.3 Å². The predicted molar refractivity (Wildman–Crippen MR) is 66.2 cm³/mol. The lowest BCUT2D eigenvalue weighted by Crippen LogP contribution is -2.15. The van der Waals surface area contributed by atoms with E-state index < -0.39 is 6.10 Å². The first-order chi connectivity index (χ1) is 7.74. The van der Waals surface area contributed by atoms with E-state index in [1.165, 1.54) is 0 Å². The summed E-state index contributed by atoms with van der Waals surface area (Å²) < 4.78 is 10.6. The molecular formula is C13H24O3. The highest BCUT2D eigenvalue weighted by Gasteiger charge is 2.02. The van der Waals surface area contributed by atoms with Crippen molar-refractivity contribution in [2.45, 2.75) is 46.0 Å². The smallest absolute Gasteiger partial charge is 0.176 e. The van der Waals surface area contributed by atoms with Gasteiger partial charge in [0.1, 0.15) is 0 Å². The van der Waals surface area contributed by atoms with Crippen LogP contribution >= 0.6 is 0 Å². The Balaban J connectivity index is 3.99. The SMILES string of the molecule is CCC/C=C/[C@@H](O)/C=C/C(OCC)OCC. The van der Waals surface area contributed by atoms with E-state index in [0.29, 0.717) is 13.2 Å². The lowest BCUT2D eigenvalue weighted by Gasteiger charge is -2.12. The van der Waals surface area contributed by atoms with Crippen LogP contribution in [0.4, 0.5) is 0 Å². The van der Waals surface area contributed by atoms with Gasteiger partial charge in [-0.15, -0.1) is 0 Å². The van der Waals surface area contributed by atoms with Crippen molar-refractivity contribution in [2.75, 3.05) is 13.2 Å². The normalized spacial score (nSPS) is 14.3. The Kier molecular flexibility index (Phi) is 10.4. The van der Waals surface area contributed by atoms with Crippen molar-refractivity contribution >= 4 is 0 Å². The molecule has 0 fully saturated rings. The number of ether oxygens (including phenoxy) is 2. The quantitative estimate of drug-likeness (QED) is 0.487. The second-order valence-electron chi connectivity index (χ2n) is 3.37. The summed E-state index contributed by atoms with van der Waals surface area (Å²) >= 11 is 0. The van der Waals surface area contributed by atoms with Gasteiger partial charge in [0.25, 0.3) is 0 Å². The van der Waals surface area contributed by atoms with Crippen LogP contribution in [-0.4, -0.2) is 30.7 Å². The number of unbranched alkanes of at least 4 members (excludes halogenated alkanes) is 1. The van der Waals surface area contributed by atoms with Crippen LogP contribution in [0.3, 0.4) is 0 Å². The number of allylic oxidation sites excluding steroid dienone is 1. The highest BCUT2D eigenvalue weighted by atomic mass is 16.7. The van der Waals surface area contributed by atoms with Crippen molar-refractivity contribution in [1.29, 1.82) is 0 Å². The first-order valence-electron chi connectivity index (χ1n) is 6.00. The molecule has 3 heteroatoms.